The normalized spacial score (nSPS) is 11.1. The van der Waals surface area contributed by atoms with Crippen molar-refractivity contribution in [2.24, 2.45) is 0 Å². The van der Waals surface area contributed by atoms with Gasteiger partial charge in [0.2, 0.25) is 0 Å². The monoisotopic (exact) mass is 331 g/mol. The number of amides is 1. The molecule has 0 atom stereocenters. The molecule has 0 bridgehead atoms. The van der Waals surface area contributed by atoms with E-state index in [1.165, 1.54) is 11.4 Å². The van der Waals surface area contributed by atoms with Crippen LogP contribution in [0, 0.1) is 10.1 Å². The van der Waals surface area contributed by atoms with Crippen LogP contribution >= 0.6 is 11.3 Å². The molecule has 3 rings (SSSR count). The number of carbonyl (C=O) groups is 1. The molecule has 1 N–H and O–H groups in total. The van der Waals surface area contributed by atoms with Crippen molar-refractivity contribution in [2.75, 3.05) is 5.32 Å². The first kappa shape index (κ1) is 15.2. The van der Waals surface area contributed by atoms with E-state index in [0.717, 1.165) is 11.3 Å². The maximum Gasteiger partial charge on any atom is 0.324 e. The molecule has 2 aromatic heterocycles. The van der Waals surface area contributed by atoms with E-state index in [2.05, 4.69) is 10.3 Å². The largest absolute Gasteiger partial charge is 0.440 e. The van der Waals surface area contributed by atoms with E-state index in [1.54, 1.807) is 18.2 Å². The summed E-state index contributed by atoms with van der Waals surface area (Å²) in [6.07, 6.45) is 0. The maximum absolute atomic E-state index is 12.1. The average Bonchev–Trinajstić information content (AvgIpc) is 3.13. The molecule has 0 saturated heterocycles. The summed E-state index contributed by atoms with van der Waals surface area (Å²) in [5.41, 5.74) is 2.12. The SMILES string of the molecule is CC(C)c1nc2cc(NC(=O)c3csc([N+](=O)[O-])c3)ccc2o1. The quantitative estimate of drug-likeness (QED) is 0.571. The minimum absolute atomic E-state index is 0.0660. The fourth-order valence-corrected chi connectivity index (χ4v) is 2.72. The number of rotatable bonds is 4. The zero-order chi connectivity index (χ0) is 16.6. The highest BCUT2D eigenvalue weighted by atomic mass is 32.1. The lowest BCUT2D eigenvalue weighted by Gasteiger charge is -2.02. The molecular weight excluding hydrogens is 318 g/mol. The molecule has 118 valence electrons. The maximum atomic E-state index is 12.1. The first-order valence-corrected chi connectivity index (χ1v) is 7.77. The summed E-state index contributed by atoms with van der Waals surface area (Å²) in [6.45, 7) is 3.97. The molecule has 0 spiro atoms. The van der Waals surface area contributed by atoms with Crippen molar-refractivity contribution in [3.63, 3.8) is 0 Å². The van der Waals surface area contributed by atoms with Gasteiger partial charge in [-0.15, -0.1) is 0 Å². The lowest BCUT2D eigenvalue weighted by atomic mass is 10.2. The number of anilines is 1. The molecule has 0 aliphatic heterocycles. The van der Waals surface area contributed by atoms with Crippen LogP contribution in [0.4, 0.5) is 10.7 Å². The Morgan fingerprint density at radius 3 is 2.83 bits per heavy atom. The van der Waals surface area contributed by atoms with Gasteiger partial charge < -0.3 is 9.73 Å². The minimum atomic E-state index is -0.518. The lowest BCUT2D eigenvalue weighted by Crippen LogP contribution is -2.10. The summed E-state index contributed by atoms with van der Waals surface area (Å²) < 4.78 is 5.61. The number of fused-ring (bicyclic) bond motifs is 1. The molecule has 7 nitrogen and oxygen atoms in total. The summed E-state index contributed by atoms with van der Waals surface area (Å²) in [4.78, 5) is 26.7. The fraction of sp³-hybridized carbons (Fsp3) is 0.200. The standard InChI is InChI=1S/C15H13N3O4S/c1-8(2)15-17-11-6-10(3-4-12(11)22-15)16-14(19)9-5-13(18(20)21)23-7-9/h3-8H,1-2H3,(H,16,19). The third-order valence-corrected chi connectivity index (χ3v) is 4.06. The Morgan fingerprint density at radius 2 is 2.17 bits per heavy atom. The molecule has 23 heavy (non-hydrogen) atoms. The molecule has 0 unspecified atom stereocenters. The molecule has 0 aliphatic rings. The zero-order valence-corrected chi connectivity index (χ0v) is 13.2. The highest BCUT2D eigenvalue weighted by Crippen LogP contribution is 2.26. The smallest absolute Gasteiger partial charge is 0.324 e. The fourth-order valence-electron chi connectivity index (χ4n) is 2.01. The lowest BCUT2D eigenvalue weighted by molar-refractivity contribution is -0.380. The Bertz CT molecular complexity index is 897. The van der Waals surface area contributed by atoms with Gasteiger partial charge in [-0.05, 0) is 18.2 Å². The number of thiophene rings is 1. The summed E-state index contributed by atoms with van der Waals surface area (Å²) in [7, 11) is 0. The van der Waals surface area contributed by atoms with Crippen LogP contribution in [0.3, 0.4) is 0 Å². The van der Waals surface area contributed by atoms with E-state index in [4.69, 9.17) is 4.42 Å². The van der Waals surface area contributed by atoms with Crippen molar-refractivity contribution in [3.8, 4) is 0 Å². The topological polar surface area (TPSA) is 98.3 Å². The Morgan fingerprint density at radius 1 is 1.39 bits per heavy atom. The second-order valence-corrected chi connectivity index (χ2v) is 6.16. The van der Waals surface area contributed by atoms with Crippen LogP contribution in [-0.4, -0.2) is 15.8 Å². The number of nitrogens with zero attached hydrogens (tertiary/aromatic N) is 2. The van der Waals surface area contributed by atoms with Crippen LogP contribution in [0.2, 0.25) is 0 Å². The predicted molar refractivity (Wildman–Crippen MR) is 87.0 cm³/mol. The van der Waals surface area contributed by atoms with Gasteiger partial charge in [-0.3, -0.25) is 14.9 Å². The van der Waals surface area contributed by atoms with E-state index in [-0.39, 0.29) is 16.5 Å². The van der Waals surface area contributed by atoms with Gasteiger partial charge in [-0.2, -0.15) is 0 Å². The zero-order valence-electron chi connectivity index (χ0n) is 12.4. The number of hydrogen-bond acceptors (Lipinski definition) is 6. The van der Waals surface area contributed by atoms with Crippen LogP contribution in [0.1, 0.15) is 36.0 Å². The minimum Gasteiger partial charge on any atom is -0.440 e. The molecular formula is C15H13N3O4S. The second kappa shape index (κ2) is 5.81. The van der Waals surface area contributed by atoms with Crippen molar-refractivity contribution in [3.05, 3.63) is 51.2 Å². The Hall–Kier alpha value is -2.74. The van der Waals surface area contributed by atoms with Crippen LogP contribution in [0.5, 0.6) is 0 Å². The van der Waals surface area contributed by atoms with Gasteiger partial charge in [0, 0.05) is 23.1 Å². The molecule has 0 aliphatic carbocycles. The Labute approximate surface area is 135 Å². The molecule has 0 saturated carbocycles. The van der Waals surface area contributed by atoms with E-state index < -0.39 is 10.8 Å². The summed E-state index contributed by atoms with van der Waals surface area (Å²) in [5.74, 6) is 0.407. The number of hydrogen-bond donors (Lipinski definition) is 1. The predicted octanol–water partition coefficient (Wildman–Crippen LogP) is 4.17. The third kappa shape index (κ3) is 3.07. The van der Waals surface area contributed by atoms with Crippen molar-refractivity contribution in [1.82, 2.24) is 4.98 Å². The van der Waals surface area contributed by atoms with Gasteiger partial charge in [0.1, 0.15) is 5.52 Å². The number of carbonyl (C=O) groups excluding carboxylic acids is 1. The number of nitro groups is 1. The highest BCUT2D eigenvalue weighted by Gasteiger charge is 2.16. The van der Waals surface area contributed by atoms with Crippen LogP contribution in [-0.2, 0) is 0 Å². The number of nitrogens with one attached hydrogen (secondary N) is 1. The van der Waals surface area contributed by atoms with E-state index in [1.807, 2.05) is 13.8 Å². The average molecular weight is 331 g/mol. The number of benzene rings is 1. The third-order valence-electron chi connectivity index (χ3n) is 3.18. The van der Waals surface area contributed by atoms with Gasteiger partial charge in [-0.25, -0.2) is 4.98 Å². The van der Waals surface area contributed by atoms with E-state index in [0.29, 0.717) is 22.7 Å². The van der Waals surface area contributed by atoms with Crippen molar-refractivity contribution < 1.29 is 14.1 Å². The second-order valence-electron chi connectivity index (χ2n) is 5.27. The van der Waals surface area contributed by atoms with Crippen LogP contribution < -0.4 is 5.32 Å². The molecule has 0 radical (unpaired) electrons. The van der Waals surface area contributed by atoms with Crippen molar-refractivity contribution in [1.29, 1.82) is 0 Å². The van der Waals surface area contributed by atoms with Gasteiger partial charge >= 0.3 is 5.00 Å². The first-order valence-electron chi connectivity index (χ1n) is 6.89. The van der Waals surface area contributed by atoms with Gasteiger partial charge in [0.15, 0.2) is 11.5 Å². The Kier molecular flexibility index (Phi) is 3.83. The number of aromatic nitrogens is 1. The summed E-state index contributed by atoms with van der Waals surface area (Å²) in [5, 5.41) is 14.8. The Balaban J connectivity index is 1.82. The van der Waals surface area contributed by atoms with Gasteiger partial charge in [0.05, 0.1) is 10.5 Å². The molecule has 1 amide bonds. The molecule has 0 fully saturated rings. The molecule has 3 aromatic rings. The molecule has 8 heteroatoms. The van der Waals surface area contributed by atoms with Gasteiger partial charge in [0.25, 0.3) is 5.91 Å². The molecule has 1 aromatic carbocycles. The van der Waals surface area contributed by atoms with Crippen LogP contribution in [0.15, 0.2) is 34.1 Å². The van der Waals surface area contributed by atoms with Gasteiger partial charge in [-0.1, -0.05) is 25.2 Å². The summed E-state index contributed by atoms with van der Waals surface area (Å²) in [6, 6.07) is 6.41. The van der Waals surface area contributed by atoms with Crippen LogP contribution in [0.25, 0.3) is 11.1 Å². The van der Waals surface area contributed by atoms with Crippen molar-refractivity contribution >= 4 is 39.0 Å². The number of oxazole rings is 1. The van der Waals surface area contributed by atoms with E-state index in [9.17, 15) is 14.9 Å². The molecule has 2 heterocycles. The first-order chi connectivity index (χ1) is 10.9. The summed E-state index contributed by atoms with van der Waals surface area (Å²) >= 11 is 0.918. The van der Waals surface area contributed by atoms with Crippen molar-refractivity contribution in [2.45, 2.75) is 19.8 Å². The van der Waals surface area contributed by atoms with E-state index >= 15 is 0 Å². The highest BCUT2D eigenvalue weighted by molar-refractivity contribution is 7.13.